The summed E-state index contributed by atoms with van der Waals surface area (Å²) < 4.78 is 5.68. The Morgan fingerprint density at radius 2 is 1.73 bits per heavy atom. The molecule has 148 valence electrons. The van der Waals surface area contributed by atoms with Crippen LogP contribution in [-0.2, 0) is 10.3 Å². The molecule has 5 N–H and O–H groups in total. The normalized spacial score (nSPS) is 12.7. The van der Waals surface area contributed by atoms with Crippen molar-refractivity contribution in [2.45, 2.75) is 52.5 Å². The maximum atomic E-state index is 5.68. The predicted octanol–water partition coefficient (Wildman–Crippen LogP) is 2.73. The van der Waals surface area contributed by atoms with Crippen molar-refractivity contribution >= 4 is 24.3 Å². The molecule has 0 aliphatic carbocycles. The van der Waals surface area contributed by atoms with Gasteiger partial charge in [-0.2, -0.15) is 4.99 Å². The predicted molar refractivity (Wildman–Crippen MR) is 110 cm³/mol. The first-order valence-corrected chi connectivity index (χ1v) is 8.47. The van der Waals surface area contributed by atoms with Crippen molar-refractivity contribution in [3.63, 3.8) is 0 Å². The molecule has 1 aromatic carbocycles. The van der Waals surface area contributed by atoms with Crippen LogP contribution < -0.4 is 21.7 Å². The van der Waals surface area contributed by atoms with Gasteiger partial charge in [-0.3, -0.25) is 4.84 Å². The van der Waals surface area contributed by atoms with Crippen LogP contribution in [0.25, 0.3) is 0 Å². The SMILES string of the molecule is CC(C)N=C(N)/N=C(\N)NOCCCOc1ccc(C(C)(C)C)cc1.Cl. The van der Waals surface area contributed by atoms with Crippen LogP contribution in [0, 0.1) is 0 Å². The fraction of sp³-hybridized carbons (Fsp3) is 0.556. The molecule has 0 saturated carbocycles. The van der Waals surface area contributed by atoms with Gasteiger partial charge >= 0.3 is 0 Å². The molecule has 0 spiro atoms. The maximum Gasteiger partial charge on any atom is 0.221 e. The summed E-state index contributed by atoms with van der Waals surface area (Å²) in [5.74, 6) is 1.03. The average molecular weight is 386 g/mol. The summed E-state index contributed by atoms with van der Waals surface area (Å²) in [5, 5.41) is 0. The van der Waals surface area contributed by atoms with E-state index in [2.05, 4.69) is 48.4 Å². The number of hydroxylamine groups is 1. The van der Waals surface area contributed by atoms with Crippen LogP contribution in [0.3, 0.4) is 0 Å². The van der Waals surface area contributed by atoms with E-state index < -0.39 is 0 Å². The molecule has 0 radical (unpaired) electrons. The van der Waals surface area contributed by atoms with E-state index >= 15 is 0 Å². The second kappa shape index (κ2) is 11.6. The average Bonchev–Trinajstić information content (AvgIpc) is 2.49. The van der Waals surface area contributed by atoms with Crippen molar-refractivity contribution in [1.82, 2.24) is 5.48 Å². The van der Waals surface area contributed by atoms with Gasteiger partial charge in [0.1, 0.15) is 5.75 Å². The molecule has 1 rings (SSSR count). The number of hydrogen-bond acceptors (Lipinski definition) is 3. The highest BCUT2D eigenvalue weighted by atomic mass is 35.5. The highest BCUT2D eigenvalue weighted by molar-refractivity contribution is 5.92. The van der Waals surface area contributed by atoms with Crippen LogP contribution in [-0.4, -0.2) is 31.2 Å². The largest absolute Gasteiger partial charge is 0.494 e. The molecule has 0 aromatic heterocycles. The number of halogens is 1. The molecule has 26 heavy (non-hydrogen) atoms. The molecule has 0 atom stereocenters. The van der Waals surface area contributed by atoms with Gasteiger partial charge in [-0.1, -0.05) is 32.9 Å². The Morgan fingerprint density at radius 1 is 1.12 bits per heavy atom. The summed E-state index contributed by atoms with van der Waals surface area (Å²) in [6.07, 6.45) is 0.705. The lowest BCUT2D eigenvalue weighted by molar-refractivity contribution is 0.0739. The molecule has 0 fully saturated rings. The zero-order valence-corrected chi connectivity index (χ0v) is 17.1. The van der Waals surface area contributed by atoms with Crippen molar-refractivity contribution < 1.29 is 9.57 Å². The van der Waals surface area contributed by atoms with E-state index in [1.807, 2.05) is 26.0 Å². The van der Waals surface area contributed by atoms with E-state index in [-0.39, 0.29) is 35.8 Å². The Balaban J connectivity index is 0.00000625. The number of ether oxygens (including phenoxy) is 1. The minimum Gasteiger partial charge on any atom is -0.494 e. The number of nitrogens with one attached hydrogen (secondary N) is 1. The highest BCUT2D eigenvalue weighted by Crippen LogP contribution is 2.24. The van der Waals surface area contributed by atoms with Crippen molar-refractivity contribution in [2.75, 3.05) is 13.2 Å². The smallest absolute Gasteiger partial charge is 0.221 e. The van der Waals surface area contributed by atoms with Gasteiger partial charge in [-0.15, -0.1) is 12.4 Å². The van der Waals surface area contributed by atoms with Gasteiger partial charge in [0.2, 0.25) is 11.9 Å². The van der Waals surface area contributed by atoms with Gasteiger partial charge in [0, 0.05) is 12.5 Å². The summed E-state index contributed by atoms with van der Waals surface area (Å²) in [4.78, 5) is 13.1. The molecule has 0 unspecified atom stereocenters. The van der Waals surface area contributed by atoms with Gasteiger partial charge in [-0.25, -0.2) is 10.5 Å². The maximum absolute atomic E-state index is 5.68. The lowest BCUT2D eigenvalue weighted by Crippen LogP contribution is -2.34. The molecule has 0 amide bonds. The van der Waals surface area contributed by atoms with Crippen LogP contribution in [0.1, 0.15) is 46.6 Å². The third-order valence-corrected chi connectivity index (χ3v) is 3.18. The summed E-state index contributed by atoms with van der Waals surface area (Å²) in [5.41, 5.74) is 15.2. The number of benzene rings is 1. The fourth-order valence-electron chi connectivity index (χ4n) is 1.94. The van der Waals surface area contributed by atoms with Gasteiger partial charge in [0.25, 0.3) is 0 Å². The van der Waals surface area contributed by atoms with Gasteiger partial charge in [0.15, 0.2) is 0 Å². The summed E-state index contributed by atoms with van der Waals surface area (Å²) in [7, 11) is 0. The minimum atomic E-state index is 0. The van der Waals surface area contributed by atoms with E-state index in [4.69, 9.17) is 21.0 Å². The summed E-state index contributed by atoms with van der Waals surface area (Å²) in [6, 6.07) is 8.22. The third kappa shape index (κ3) is 10.1. The second-order valence-corrected chi connectivity index (χ2v) is 7.01. The molecule has 0 aliphatic heterocycles. The molecule has 8 heteroatoms. The lowest BCUT2D eigenvalue weighted by atomic mass is 9.87. The molecule has 7 nitrogen and oxygen atoms in total. The van der Waals surface area contributed by atoms with Crippen molar-refractivity contribution in [2.24, 2.45) is 21.5 Å². The summed E-state index contributed by atoms with van der Waals surface area (Å²) in [6.45, 7) is 11.3. The van der Waals surface area contributed by atoms with Crippen LogP contribution in [0.2, 0.25) is 0 Å². The quantitative estimate of drug-likeness (QED) is 0.289. The van der Waals surface area contributed by atoms with E-state index in [0.717, 1.165) is 5.75 Å². The fourth-order valence-corrected chi connectivity index (χ4v) is 1.94. The molecular formula is C18H32ClN5O2. The Labute approximate surface area is 162 Å². The van der Waals surface area contributed by atoms with Crippen LogP contribution in [0.5, 0.6) is 5.75 Å². The number of nitrogens with zero attached hydrogens (tertiary/aromatic N) is 2. The number of hydrogen-bond donors (Lipinski definition) is 3. The van der Waals surface area contributed by atoms with Crippen LogP contribution >= 0.6 is 12.4 Å². The van der Waals surface area contributed by atoms with E-state index in [1.165, 1.54) is 5.56 Å². The Hall–Kier alpha value is -1.99. The topological polar surface area (TPSA) is 107 Å². The van der Waals surface area contributed by atoms with Crippen LogP contribution in [0.15, 0.2) is 34.3 Å². The van der Waals surface area contributed by atoms with Gasteiger partial charge < -0.3 is 16.2 Å². The molecule has 0 saturated heterocycles. The van der Waals surface area contributed by atoms with E-state index in [0.29, 0.717) is 19.6 Å². The lowest BCUT2D eigenvalue weighted by Gasteiger charge is -2.19. The minimum absolute atomic E-state index is 0. The molecule has 0 aliphatic rings. The van der Waals surface area contributed by atoms with Gasteiger partial charge in [0.05, 0.1) is 13.2 Å². The second-order valence-electron chi connectivity index (χ2n) is 7.01. The van der Waals surface area contributed by atoms with E-state index in [9.17, 15) is 0 Å². The van der Waals surface area contributed by atoms with Crippen molar-refractivity contribution in [1.29, 1.82) is 0 Å². The monoisotopic (exact) mass is 385 g/mol. The Kier molecular flexibility index (Phi) is 10.7. The molecule has 0 heterocycles. The first-order chi connectivity index (χ1) is 11.7. The Morgan fingerprint density at radius 3 is 2.27 bits per heavy atom. The summed E-state index contributed by atoms with van der Waals surface area (Å²) >= 11 is 0. The zero-order chi connectivity index (χ0) is 18.9. The Bertz CT molecular complexity index is 580. The number of guanidine groups is 2. The zero-order valence-electron chi connectivity index (χ0n) is 16.3. The molecular weight excluding hydrogens is 354 g/mol. The number of aliphatic imine (C=N–C) groups is 2. The van der Waals surface area contributed by atoms with Crippen LogP contribution in [0.4, 0.5) is 0 Å². The van der Waals surface area contributed by atoms with Crippen molar-refractivity contribution in [3.8, 4) is 5.75 Å². The first kappa shape index (κ1) is 24.0. The molecule has 0 bridgehead atoms. The first-order valence-electron chi connectivity index (χ1n) is 8.47. The van der Waals surface area contributed by atoms with Crippen molar-refractivity contribution in [3.05, 3.63) is 29.8 Å². The molecule has 1 aromatic rings. The number of nitrogens with two attached hydrogens (primary N) is 2. The third-order valence-electron chi connectivity index (χ3n) is 3.18. The van der Waals surface area contributed by atoms with E-state index in [1.54, 1.807) is 0 Å². The number of rotatable bonds is 7. The standard InChI is InChI=1S/C18H31N5O2.ClH/c1-13(2)21-16(19)22-17(20)23-25-12-6-11-24-15-9-7-14(8-10-15)18(3,4)5;/h7-10,13H,6,11-12H2,1-5H3,(H5,19,20,21,22,23);1H. The highest BCUT2D eigenvalue weighted by Gasteiger charge is 2.12. The van der Waals surface area contributed by atoms with Gasteiger partial charge in [-0.05, 0) is 37.0 Å².